The van der Waals surface area contributed by atoms with Crippen LogP contribution in [0.25, 0.3) is 0 Å². The van der Waals surface area contributed by atoms with E-state index in [1.54, 1.807) is 6.92 Å². The van der Waals surface area contributed by atoms with E-state index in [-0.39, 0.29) is 17.2 Å². The highest BCUT2D eigenvalue weighted by molar-refractivity contribution is 6.02. The molecule has 88 valence electrons. The first-order chi connectivity index (χ1) is 8.06. The molecule has 0 fully saturated rings. The van der Waals surface area contributed by atoms with E-state index in [1.165, 1.54) is 24.3 Å². The number of phenolic OH excluding ortho intramolecular Hbond substituents is 2. The van der Waals surface area contributed by atoms with Gasteiger partial charge in [0.05, 0.1) is 0 Å². The Morgan fingerprint density at radius 2 is 2.06 bits per heavy atom. The van der Waals surface area contributed by atoms with Crippen LogP contribution < -0.4 is 5.32 Å². The SMILES string of the molecule is Cc1cc(C(=O)Nc2ccc(O)c(O)c2)no1. The number of aromatic hydroxyl groups is 2. The van der Waals surface area contributed by atoms with Crippen molar-refractivity contribution in [1.29, 1.82) is 0 Å². The lowest BCUT2D eigenvalue weighted by Gasteiger charge is -2.04. The Hall–Kier alpha value is -2.50. The number of phenols is 2. The average molecular weight is 234 g/mol. The molecule has 1 amide bonds. The summed E-state index contributed by atoms with van der Waals surface area (Å²) in [6.07, 6.45) is 0. The van der Waals surface area contributed by atoms with Crippen LogP contribution in [0.15, 0.2) is 28.8 Å². The van der Waals surface area contributed by atoms with Crippen LogP contribution in [0.5, 0.6) is 11.5 Å². The van der Waals surface area contributed by atoms with Gasteiger partial charge >= 0.3 is 0 Å². The van der Waals surface area contributed by atoms with E-state index in [9.17, 15) is 9.90 Å². The first kappa shape index (κ1) is 11.0. The largest absolute Gasteiger partial charge is 0.504 e. The number of aryl methyl sites for hydroxylation is 1. The zero-order chi connectivity index (χ0) is 12.4. The Morgan fingerprint density at radius 3 is 2.65 bits per heavy atom. The molecule has 0 radical (unpaired) electrons. The van der Waals surface area contributed by atoms with Crippen molar-refractivity contribution in [3.8, 4) is 11.5 Å². The molecule has 6 nitrogen and oxygen atoms in total. The maximum absolute atomic E-state index is 11.6. The van der Waals surface area contributed by atoms with Crippen LogP contribution >= 0.6 is 0 Å². The van der Waals surface area contributed by atoms with Crippen molar-refractivity contribution in [2.75, 3.05) is 5.32 Å². The molecule has 6 heteroatoms. The van der Waals surface area contributed by atoms with Crippen LogP contribution in [0.3, 0.4) is 0 Å². The number of aromatic nitrogens is 1. The molecule has 0 aliphatic heterocycles. The van der Waals surface area contributed by atoms with E-state index in [1.807, 2.05) is 0 Å². The third kappa shape index (κ3) is 2.36. The minimum Gasteiger partial charge on any atom is -0.504 e. The van der Waals surface area contributed by atoms with Crippen molar-refractivity contribution in [2.24, 2.45) is 0 Å². The molecule has 0 spiro atoms. The first-order valence-corrected chi connectivity index (χ1v) is 4.83. The number of carbonyl (C=O) groups is 1. The van der Waals surface area contributed by atoms with Gasteiger partial charge in [-0.05, 0) is 19.1 Å². The number of hydrogen-bond acceptors (Lipinski definition) is 5. The minimum absolute atomic E-state index is 0.148. The fourth-order valence-electron chi connectivity index (χ4n) is 1.27. The van der Waals surface area contributed by atoms with Gasteiger partial charge in [0.25, 0.3) is 5.91 Å². The Labute approximate surface area is 96.5 Å². The predicted molar refractivity (Wildman–Crippen MR) is 59.0 cm³/mol. The predicted octanol–water partition coefficient (Wildman–Crippen LogP) is 1.65. The smallest absolute Gasteiger partial charge is 0.277 e. The van der Waals surface area contributed by atoms with Crippen LogP contribution in [0, 0.1) is 6.92 Å². The molecule has 1 heterocycles. The molecule has 0 saturated carbocycles. The summed E-state index contributed by atoms with van der Waals surface area (Å²) in [7, 11) is 0. The van der Waals surface area contributed by atoms with Gasteiger partial charge in [0.1, 0.15) is 5.76 Å². The zero-order valence-electron chi connectivity index (χ0n) is 8.97. The molecule has 1 aromatic carbocycles. The second-order valence-electron chi connectivity index (χ2n) is 3.48. The molecule has 0 aliphatic carbocycles. The second kappa shape index (κ2) is 4.17. The molecule has 3 N–H and O–H groups in total. The normalized spacial score (nSPS) is 10.2. The van der Waals surface area contributed by atoms with Crippen LogP contribution in [0.1, 0.15) is 16.2 Å². The van der Waals surface area contributed by atoms with Crippen molar-refractivity contribution in [2.45, 2.75) is 6.92 Å². The summed E-state index contributed by atoms with van der Waals surface area (Å²) in [4.78, 5) is 11.6. The van der Waals surface area contributed by atoms with E-state index in [2.05, 4.69) is 10.5 Å². The first-order valence-electron chi connectivity index (χ1n) is 4.83. The highest BCUT2D eigenvalue weighted by atomic mass is 16.5. The van der Waals surface area contributed by atoms with Gasteiger partial charge in [-0.15, -0.1) is 0 Å². The van der Waals surface area contributed by atoms with E-state index in [0.29, 0.717) is 11.4 Å². The number of amides is 1. The molecule has 0 unspecified atom stereocenters. The van der Waals surface area contributed by atoms with Crippen LogP contribution in [-0.4, -0.2) is 21.3 Å². The zero-order valence-corrected chi connectivity index (χ0v) is 8.97. The lowest BCUT2D eigenvalue weighted by molar-refractivity contribution is 0.101. The van der Waals surface area contributed by atoms with Crippen LogP contribution in [0.2, 0.25) is 0 Å². The van der Waals surface area contributed by atoms with Gasteiger partial charge in [0.15, 0.2) is 17.2 Å². The van der Waals surface area contributed by atoms with E-state index in [4.69, 9.17) is 9.63 Å². The lowest BCUT2D eigenvalue weighted by Crippen LogP contribution is -2.11. The molecule has 0 bridgehead atoms. The number of nitrogens with one attached hydrogen (secondary N) is 1. The van der Waals surface area contributed by atoms with Crippen LogP contribution in [0.4, 0.5) is 5.69 Å². The van der Waals surface area contributed by atoms with Crippen LogP contribution in [-0.2, 0) is 0 Å². The van der Waals surface area contributed by atoms with Gasteiger partial charge in [0, 0.05) is 17.8 Å². The summed E-state index contributed by atoms with van der Waals surface area (Å²) in [6.45, 7) is 1.68. The molecule has 0 atom stereocenters. The number of carbonyl (C=O) groups excluding carboxylic acids is 1. The number of hydrogen-bond donors (Lipinski definition) is 3. The maximum atomic E-state index is 11.6. The fraction of sp³-hybridized carbons (Fsp3) is 0.0909. The summed E-state index contributed by atoms with van der Waals surface area (Å²) in [5.41, 5.74) is 0.501. The molecule has 1 aromatic heterocycles. The summed E-state index contributed by atoms with van der Waals surface area (Å²) >= 11 is 0. The number of rotatable bonds is 2. The minimum atomic E-state index is -0.452. The Morgan fingerprint density at radius 1 is 1.29 bits per heavy atom. The summed E-state index contributed by atoms with van der Waals surface area (Å²) < 4.78 is 4.77. The highest BCUT2D eigenvalue weighted by Crippen LogP contribution is 2.27. The Bertz CT molecular complexity index is 562. The van der Waals surface area contributed by atoms with E-state index in [0.717, 1.165) is 0 Å². The Kier molecular flexibility index (Phi) is 2.70. The number of anilines is 1. The Balaban J connectivity index is 2.15. The van der Waals surface area contributed by atoms with Gasteiger partial charge in [-0.1, -0.05) is 5.16 Å². The van der Waals surface area contributed by atoms with Crippen molar-refractivity contribution in [3.05, 3.63) is 35.7 Å². The van der Waals surface area contributed by atoms with Gasteiger partial charge < -0.3 is 20.1 Å². The van der Waals surface area contributed by atoms with Crippen molar-refractivity contribution in [3.63, 3.8) is 0 Å². The summed E-state index contributed by atoms with van der Waals surface area (Å²) in [5.74, 6) is -0.477. The molecule has 2 rings (SSSR count). The van der Waals surface area contributed by atoms with Crippen molar-refractivity contribution in [1.82, 2.24) is 5.16 Å². The van der Waals surface area contributed by atoms with Gasteiger partial charge in [0.2, 0.25) is 0 Å². The molecule has 0 saturated heterocycles. The number of nitrogens with zero attached hydrogens (tertiary/aromatic N) is 1. The maximum Gasteiger partial charge on any atom is 0.277 e. The molecular formula is C11H10N2O4. The van der Waals surface area contributed by atoms with Gasteiger partial charge in [-0.3, -0.25) is 4.79 Å². The molecule has 2 aromatic rings. The van der Waals surface area contributed by atoms with E-state index < -0.39 is 5.91 Å². The van der Waals surface area contributed by atoms with Gasteiger partial charge in [-0.2, -0.15) is 0 Å². The quantitative estimate of drug-likeness (QED) is 0.542. The third-order valence-electron chi connectivity index (χ3n) is 2.09. The fourth-order valence-corrected chi connectivity index (χ4v) is 1.27. The van der Waals surface area contributed by atoms with Crippen molar-refractivity contribution >= 4 is 11.6 Å². The standard InChI is InChI=1S/C11H10N2O4/c1-6-4-8(13-17-6)11(16)12-7-2-3-9(14)10(15)5-7/h2-5,14-15H,1H3,(H,12,16). The second-order valence-corrected chi connectivity index (χ2v) is 3.48. The molecule has 17 heavy (non-hydrogen) atoms. The lowest BCUT2D eigenvalue weighted by atomic mass is 10.2. The monoisotopic (exact) mass is 234 g/mol. The third-order valence-corrected chi connectivity index (χ3v) is 2.09. The van der Waals surface area contributed by atoms with Gasteiger partial charge in [-0.25, -0.2) is 0 Å². The highest BCUT2D eigenvalue weighted by Gasteiger charge is 2.11. The summed E-state index contributed by atoms with van der Waals surface area (Å²) in [5, 5.41) is 24.4. The molecular weight excluding hydrogens is 224 g/mol. The molecule has 0 aliphatic rings. The van der Waals surface area contributed by atoms with E-state index >= 15 is 0 Å². The van der Waals surface area contributed by atoms with Crippen molar-refractivity contribution < 1.29 is 19.5 Å². The topological polar surface area (TPSA) is 95.6 Å². The number of benzene rings is 1. The average Bonchev–Trinajstić information content (AvgIpc) is 2.70. The summed E-state index contributed by atoms with van der Waals surface area (Å²) in [6, 6.07) is 5.47.